The van der Waals surface area contributed by atoms with E-state index < -0.39 is 55.6 Å². The fraction of sp³-hybridized carbons (Fsp3) is 0.980. The lowest BCUT2D eigenvalue weighted by Crippen LogP contribution is -2.60. The van der Waals surface area contributed by atoms with Crippen LogP contribution in [0.15, 0.2) is 0 Å². The van der Waals surface area contributed by atoms with Crippen molar-refractivity contribution in [3.8, 4) is 0 Å². The summed E-state index contributed by atoms with van der Waals surface area (Å²) in [5.74, 6) is -0.253. The van der Waals surface area contributed by atoms with Crippen LogP contribution in [0, 0.1) is 0 Å². The average Bonchev–Trinajstić information content (AvgIpc) is 3.25. The Bertz CT molecular complexity index is 926. The summed E-state index contributed by atoms with van der Waals surface area (Å²) in [5, 5.41) is 65.2. The number of amides is 1. The van der Waals surface area contributed by atoms with Crippen LogP contribution in [0.4, 0.5) is 0 Å². The Labute approximate surface area is 368 Å². The molecule has 0 spiro atoms. The SMILES string of the molecule is CCCCCCCCCCCCCCCCCCCCCCCCCCC(=O)N[C@@H](CO[C@@H]1O[C@H](CO)[C@@H](O)C(O)C1O)[C@H](O)[C@H](O)CCCCCCCCCCCCC. The lowest BCUT2D eigenvalue weighted by molar-refractivity contribution is -0.303. The first kappa shape index (κ1) is 57.2. The van der Waals surface area contributed by atoms with Gasteiger partial charge in [0.25, 0.3) is 0 Å². The number of hydrogen-bond donors (Lipinski definition) is 7. The Morgan fingerprint density at radius 2 is 0.867 bits per heavy atom. The minimum atomic E-state index is -1.60. The highest BCUT2D eigenvalue weighted by molar-refractivity contribution is 5.76. The average molecular weight is 858 g/mol. The molecule has 1 fully saturated rings. The van der Waals surface area contributed by atoms with Gasteiger partial charge in [0.2, 0.25) is 5.91 Å². The summed E-state index contributed by atoms with van der Waals surface area (Å²) in [5.41, 5.74) is 0. The van der Waals surface area contributed by atoms with E-state index in [1.54, 1.807) is 0 Å². The molecule has 7 N–H and O–H groups in total. The number of rotatable bonds is 44. The predicted octanol–water partition coefficient (Wildman–Crippen LogP) is 10.5. The smallest absolute Gasteiger partial charge is 0.220 e. The predicted molar refractivity (Wildman–Crippen MR) is 246 cm³/mol. The maximum absolute atomic E-state index is 13.0. The van der Waals surface area contributed by atoms with Gasteiger partial charge in [-0.3, -0.25) is 4.79 Å². The summed E-state index contributed by atoms with van der Waals surface area (Å²) < 4.78 is 11.2. The van der Waals surface area contributed by atoms with E-state index in [1.807, 2.05) is 0 Å². The summed E-state index contributed by atoms with van der Waals surface area (Å²) in [6.07, 6.45) is 35.5. The van der Waals surface area contributed by atoms with Gasteiger partial charge in [0.1, 0.15) is 30.5 Å². The van der Waals surface area contributed by atoms with E-state index in [0.29, 0.717) is 6.42 Å². The van der Waals surface area contributed by atoms with E-state index in [4.69, 9.17) is 9.47 Å². The number of unbranched alkanes of at least 4 members (excludes halogenated alkanes) is 33. The molecule has 60 heavy (non-hydrogen) atoms. The highest BCUT2D eigenvalue weighted by atomic mass is 16.7. The molecule has 358 valence electrons. The number of carbonyl (C=O) groups excluding carboxylic acids is 1. The lowest BCUT2D eigenvalue weighted by Gasteiger charge is -2.40. The molecular weight excluding hydrogens is 759 g/mol. The number of hydrogen-bond acceptors (Lipinski definition) is 9. The summed E-state index contributed by atoms with van der Waals surface area (Å²) >= 11 is 0. The maximum Gasteiger partial charge on any atom is 0.220 e. The van der Waals surface area contributed by atoms with Crippen LogP contribution in [0.5, 0.6) is 0 Å². The van der Waals surface area contributed by atoms with Crippen molar-refractivity contribution < 1.29 is 44.9 Å². The van der Waals surface area contributed by atoms with Gasteiger partial charge >= 0.3 is 0 Å². The molecule has 1 aliphatic rings. The first-order chi connectivity index (χ1) is 29.3. The molecule has 1 aliphatic heterocycles. The Morgan fingerprint density at radius 1 is 0.517 bits per heavy atom. The van der Waals surface area contributed by atoms with Crippen molar-refractivity contribution in [2.45, 2.75) is 300 Å². The van der Waals surface area contributed by atoms with Gasteiger partial charge in [0.05, 0.1) is 25.4 Å². The molecule has 0 aromatic rings. The van der Waals surface area contributed by atoms with E-state index in [1.165, 1.54) is 180 Å². The van der Waals surface area contributed by atoms with Crippen molar-refractivity contribution in [3.63, 3.8) is 0 Å². The van der Waals surface area contributed by atoms with Gasteiger partial charge in [-0.2, -0.15) is 0 Å². The molecule has 0 aromatic carbocycles. The second-order valence-corrected chi connectivity index (χ2v) is 18.5. The van der Waals surface area contributed by atoms with Crippen molar-refractivity contribution in [2.75, 3.05) is 13.2 Å². The van der Waals surface area contributed by atoms with Gasteiger partial charge in [0.15, 0.2) is 6.29 Å². The zero-order valence-electron chi connectivity index (χ0n) is 39.1. The quantitative estimate of drug-likeness (QED) is 0.0295. The Hall–Kier alpha value is -0.850. The molecular formula is C50H99NO9. The molecule has 2 unspecified atom stereocenters. The van der Waals surface area contributed by atoms with Gasteiger partial charge in [0, 0.05) is 6.42 Å². The van der Waals surface area contributed by atoms with E-state index in [2.05, 4.69) is 19.2 Å². The molecule has 0 saturated carbocycles. The molecule has 0 bridgehead atoms. The largest absolute Gasteiger partial charge is 0.394 e. The molecule has 0 aliphatic carbocycles. The zero-order valence-corrected chi connectivity index (χ0v) is 39.1. The van der Waals surface area contributed by atoms with Crippen LogP contribution in [0.2, 0.25) is 0 Å². The monoisotopic (exact) mass is 858 g/mol. The van der Waals surface area contributed by atoms with Crippen LogP contribution in [0.25, 0.3) is 0 Å². The van der Waals surface area contributed by atoms with Gasteiger partial charge in [-0.1, -0.05) is 232 Å². The fourth-order valence-corrected chi connectivity index (χ4v) is 8.61. The first-order valence-corrected chi connectivity index (χ1v) is 25.8. The summed E-state index contributed by atoms with van der Waals surface area (Å²) in [4.78, 5) is 13.0. The van der Waals surface area contributed by atoms with Crippen molar-refractivity contribution in [1.82, 2.24) is 5.32 Å². The van der Waals surface area contributed by atoms with Gasteiger partial charge in [-0.15, -0.1) is 0 Å². The Balaban J connectivity index is 2.24. The third-order valence-electron chi connectivity index (χ3n) is 12.8. The van der Waals surface area contributed by atoms with E-state index >= 15 is 0 Å². The van der Waals surface area contributed by atoms with Gasteiger partial charge < -0.3 is 45.4 Å². The van der Waals surface area contributed by atoms with E-state index in [-0.39, 0.29) is 18.9 Å². The normalized spacial score (nSPS) is 21.0. The van der Waals surface area contributed by atoms with Crippen LogP contribution in [0.3, 0.4) is 0 Å². The minimum Gasteiger partial charge on any atom is -0.394 e. The Morgan fingerprint density at radius 3 is 1.23 bits per heavy atom. The first-order valence-electron chi connectivity index (χ1n) is 25.8. The minimum absolute atomic E-state index is 0.253. The topological polar surface area (TPSA) is 169 Å². The summed E-state index contributed by atoms with van der Waals surface area (Å²) in [6.45, 7) is 3.62. The number of nitrogens with one attached hydrogen (secondary N) is 1. The lowest BCUT2D eigenvalue weighted by atomic mass is 9.98. The maximum atomic E-state index is 13.0. The number of aliphatic hydroxyl groups is 6. The molecule has 10 nitrogen and oxygen atoms in total. The third-order valence-corrected chi connectivity index (χ3v) is 12.8. The standard InChI is InChI=1S/C50H99NO9/c1-3-5-7-9-11-13-15-16-17-18-19-20-21-22-23-24-25-26-27-29-31-33-35-37-39-45(54)51-42(41-59-50-49(58)48(57)47(56)44(40-52)60-50)46(55)43(53)38-36-34-32-30-28-14-12-10-8-6-4-2/h42-44,46-50,52-53,55-58H,3-41H2,1-2H3,(H,51,54)/t42-,43+,44+,46-,47+,48?,49?,50+/m0/s1. The van der Waals surface area contributed by atoms with E-state index in [0.717, 1.165) is 44.9 Å². The molecule has 1 saturated heterocycles. The van der Waals surface area contributed by atoms with Gasteiger partial charge in [-0.25, -0.2) is 0 Å². The molecule has 0 radical (unpaired) electrons. The number of carbonyl (C=O) groups is 1. The van der Waals surface area contributed by atoms with Crippen molar-refractivity contribution in [1.29, 1.82) is 0 Å². The molecule has 0 aromatic heterocycles. The summed E-state index contributed by atoms with van der Waals surface area (Å²) in [7, 11) is 0. The highest BCUT2D eigenvalue weighted by Crippen LogP contribution is 2.23. The zero-order chi connectivity index (χ0) is 43.9. The van der Waals surface area contributed by atoms with Crippen LogP contribution in [0.1, 0.15) is 251 Å². The fourth-order valence-electron chi connectivity index (χ4n) is 8.61. The van der Waals surface area contributed by atoms with Crippen LogP contribution >= 0.6 is 0 Å². The second kappa shape index (κ2) is 40.9. The molecule has 1 amide bonds. The van der Waals surface area contributed by atoms with Crippen molar-refractivity contribution in [3.05, 3.63) is 0 Å². The van der Waals surface area contributed by atoms with Crippen LogP contribution in [-0.4, -0.2) is 98.7 Å². The number of aliphatic hydroxyl groups excluding tert-OH is 6. The van der Waals surface area contributed by atoms with Crippen molar-refractivity contribution in [2.24, 2.45) is 0 Å². The second-order valence-electron chi connectivity index (χ2n) is 18.5. The molecule has 1 rings (SSSR count). The third kappa shape index (κ3) is 30.3. The number of ether oxygens (including phenoxy) is 2. The van der Waals surface area contributed by atoms with E-state index in [9.17, 15) is 35.4 Å². The van der Waals surface area contributed by atoms with Gasteiger partial charge in [-0.05, 0) is 12.8 Å². The van der Waals surface area contributed by atoms with Crippen LogP contribution < -0.4 is 5.32 Å². The Kier molecular flexibility index (Phi) is 39.0. The molecule has 8 atom stereocenters. The molecule has 10 heteroatoms. The highest BCUT2D eigenvalue weighted by Gasteiger charge is 2.44. The van der Waals surface area contributed by atoms with Crippen molar-refractivity contribution >= 4 is 5.91 Å². The van der Waals surface area contributed by atoms with Crippen LogP contribution in [-0.2, 0) is 14.3 Å². The molecule has 1 heterocycles. The summed E-state index contributed by atoms with van der Waals surface area (Å²) in [6, 6.07) is -0.984.